The Hall–Kier alpha value is -3.25. The third-order valence-electron chi connectivity index (χ3n) is 4.43. The lowest BCUT2D eigenvalue weighted by atomic mass is 10.1. The summed E-state index contributed by atoms with van der Waals surface area (Å²) >= 11 is 3.40. The van der Waals surface area contributed by atoms with Crippen LogP contribution in [-0.2, 0) is 11.3 Å². The minimum Gasteiger partial charge on any atom is -0.331 e. The molecule has 1 heterocycles. The van der Waals surface area contributed by atoms with Crippen molar-refractivity contribution < 1.29 is 4.79 Å². The molecular weight excluding hydrogens is 418 g/mol. The molecular formula is C22H16BrN3O2. The van der Waals surface area contributed by atoms with Gasteiger partial charge in [0.1, 0.15) is 6.54 Å². The number of fused-ring (bicyclic) bond motifs is 2. The lowest BCUT2D eigenvalue weighted by Crippen LogP contribution is -2.25. The molecule has 0 aliphatic heterocycles. The Morgan fingerprint density at radius 1 is 0.964 bits per heavy atom. The van der Waals surface area contributed by atoms with Crippen LogP contribution in [0.2, 0.25) is 0 Å². The van der Waals surface area contributed by atoms with E-state index in [1.807, 2.05) is 65.2 Å². The molecule has 0 spiro atoms. The second-order valence-corrected chi connectivity index (χ2v) is 7.21. The molecule has 4 rings (SSSR count). The highest BCUT2D eigenvalue weighted by Crippen LogP contribution is 2.19. The molecule has 0 unspecified atom stereocenters. The van der Waals surface area contributed by atoms with Crippen LogP contribution in [0, 0.1) is 0 Å². The van der Waals surface area contributed by atoms with Gasteiger partial charge in [-0.3, -0.25) is 9.59 Å². The maximum atomic E-state index is 12.7. The van der Waals surface area contributed by atoms with Crippen LogP contribution in [0.5, 0.6) is 0 Å². The maximum Gasteiger partial charge on any atom is 0.260 e. The fourth-order valence-electron chi connectivity index (χ4n) is 3.19. The van der Waals surface area contributed by atoms with Gasteiger partial charge in [0.05, 0.1) is 17.2 Å². The number of carbonyl (C=O) groups excluding carboxylic acids is 1. The van der Waals surface area contributed by atoms with Gasteiger partial charge in [-0.2, -0.15) is 5.10 Å². The topological polar surface area (TPSA) is 63.5 Å². The zero-order chi connectivity index (χ0) is 19.5. The lowest BCUT2D eigenvalue weighted by molar-refractivity contribution is -0.121. The van der Waals surface area contributed by atoms with E-state index in [4.69, 9.17) is 0 Å². The zero-order valence-corrected chi connectivity index (χ0v) is 16.4. The van der Waals surface area contributed by atoms with Crippen molar-refractivity contribution in [1.29, 1.82) is 0 Å². The fraction of sp³-hybridized carbons (Fsp3) is 0.0455. The van der Waals surface area contributed by atoms with Crippen LogP contribution in [0.3, 0.4) is 0 Å². The summed E-state index contributed by atoms with van der Waals surface area (Å²) < 4.78 is 2.78. The molecule has 5 nitrogen and oxygen atoms in total. The number of rotatable bonds is 4. The molecule has 0 saturated carbocycles. The molecule has 0 saturated heterocycles. The van der Waals surface area contributed by atoms with Crippen LogP contribution in [0.25, 0.3) is 21.8 Å². The predicted molar refractivity (Wildman–Crippen MR) is 116 cm³/mol. The van der Waals surface area contributed by atoms with Crippen molar-refractivity contribution in [3.05, 3.63) is 93.1 Å². The average molecular weight is 434 g/mol. The molecule has 138 valence electrons. The molecule has 6 heteroatoms. The monoisotopic (exact) mass is 433 g/mol. The average Bonchev–Trinajstić information content (AvgIpc) is 2.71. The van der Waals surface area contributed by atoms with Gasteiger partial charge in [0.25, 0.3) is 5.91 Å². The van der Waals surface area contributed by atoms with Crippen LogP contribution >= 0.6 is 15.9 Å². The number of halogens is 1. The van der Waals surface area contributed by atoms with Gasteiger partial charge in [0, 0.05) is 15.2 Å². The normalized spacial score (nSPS) is 11.3. The molecule has 0 radical (unpaired) electrons. The van der Waals surface area contributed by atoms with Crippen molar-refractivity contribution >= 4 is 49.9 Å². The summed E-state index contributed by atoms with van der Waals surface area (Å²) in [6.07, 6.45) is 1.59. The van der Waals surface area contributed by atoms with Gasteiger partial charge in [-0.05, 0) is 42.0 Å². The Balaban J connectivity index is 1.66. The summed E-state index contributed by atoms with van der Waals surface area (Å²) in [5.74, 6) is -0.273. The first-order valence-corrected chi connectivity index (χ1v) is 9.50. The van der Waals surface area contributed by atoms with E-state index in [1.165, 1.54) is 0 Å². The number of nitrogens with zero attached hydrogens (tertiary/aromatic N) is 2. The summed E-state index contributed by atoms with van der Waals surface area (Å²) in [7, 11) is 0. The third-order valence-corrected chi connectivity index (χ3v) is 4.93. The van der Waals surface area contributed by atoms with E-state index in [-0.39, 0.29) is 17.9 Å². The molecule has 28 heavy (non-hydrogen) atoms. The number of amides is 1. The van der Waals surface area contributed by atoms with E-state index in [0.29, 0.717) is 10.8 Å². The number of carbonyl (C=O) groups is 1. The van der Waals surface area contributed by atoms with Gasteiger partial charge in [-0.15, -0.1) is 0 Å². The second-order valence-electron chi connectivity index (χ2n) is 6.30. The Morgan fingerprint density at radius 3 is 2.25 bits per heavy atom. The van der Waals surface area contributed by atoms with E-state index in [9.17, 15) is 9.59 Å². The van der Waals surface area contributed by atoms with Crippen molar-refractivity contribution in [3.8, 4) is 0 Å². The smallest absolute Gasteiger partial charge is 0.260 e. The number of hydrazone groups is 1. The Kier molecular flexibility index (Phi) is 5.04. The van der Waals surface area contributed by atoms with Crippen LogP contribution in [0.4, 0.5) is 0 Å². The maximum absolute atomic E-state index is 12.7. The molecule has 4 aromatic rings. The second kappa shape index (κ2) is 7.78. The van der Waals surface area contributed by atoms with Gasteiger partial charge in [0.2, 0.25) is 0 Å². The first-order valence-electron chi connectivity index (χ1n) is 8.71. The number of pyridine rings is 1. The first-order chi connectivity index (χ1) is 13.6. The van der Waals surface area contributed by atoms with Crippen LogP contribution in [-0.4, -0.2) is 16.7 Å². The number of nitrogens with one attached hydrogen (secondary N) is 1. The van der Waals surface area contributed by atoms with Crippen molar-refractivity contribution in [2.45, 2.75) is 6.54 Å². The van der Waals surface area contributed by atoms with Crippen molar-refractivity contribution in [2.75, 3.05) is 0 Å². The summed E-state index contributed by atoms with van der Waals surface area (Å²) in [4.78, 5) is 25.2. The minimum absolute atomic E-state index is 0.0319. The van der Waals surface area contributed by atoms with E-state index in [1.54, 1.807) is 18.3 Å². The highest BCUT2D eigenvalue weighted by molar-refractivity contribution is 9.10. The van der Waals surface area contributed by atoms with E-state index < -0.39 is 0 Å². The Morgan fingerprint density at radius 2 is 1.61 bits per heavy atom. The van der Waals surface area contributed by atoms with Gasteiger partial charge >= 0.3 is 0 Å². The SMILES string of the molecule is O=C(Cn1c2ccccc2c(=O)c2ccccc21)N/N=C\c1cccc(Br)c1. The number of hydrogen-bond donors (Lipinski definition) is 1. The predicted octanol–water partition coefficient (Wildman–Crippen LogP) is 4.07. The lowest BCUT2D eigenvalue weighted by Gasteiger charge is -2.14. The number of benzene rings is 3. The Bertz CT molecular complexity index is 1220. The van der Waals surface area contributed by atoms with E-state index in [2.05, 4.69) is 26.5 Å². The summed E-state index contributed by atoms with van der Waals surface area (Å²) in [5.41, 5.74) is 4.84. The quantitative estimate of drug-likeness (QED) is 0.299. The molecule has 1 N–H and O–H groups in total. The van der Waals surface area contributed by atoms with Crippen LogP contribution in [0.15, 0.2) is 87.2 Å². The molecule has 0 fully saturated rings. The van der Waals surface area contributed by atoms with Crippen molar-refractivity contribution in [2.24, 2.45) is 5.10 Å². The molecule has 0 aliphatic carbocycles. The third kappa shape index (κ3) is 3.59. The van der Waals surface area contributed by atoms with Crippen LogP contribution in [0.1, 0.15) is 5.56 Å². The fourth-order valence-corrected chi connectivity index (χ4v) is 3.61. The number of aromatic nitrogens is 1. The molecule has 3 aromatic carbocycles. The Labute approximate surface area is 169 Å². The molecule has 0 aliphatic rings. The van der Waals surface area contributed by atoms with Gasteiger partial charge in [-0.25, -0.2) is 5.43 Å². The molecule has 1 aromatic heterocycles. The first kappa shape index (κ1) is 18.1. The highest BCUT2D eigenvalue weighted by atomic mass is 79.9. The van der Waals surface area contributed by atoms with E-state index in [0.717, 1.165) is 21.1 Å². The highest BCUT2D eigenvalue weighted by Gasteiger charge is 2.12. The van der Waals surface area contributed by atoms with Gasteiger partial charge in [0.15, 0.2) is 5.43 Å². The summed E-state index contributed by atoms with van der Waals surface area (Å²) in [6, 6.07) is 22.2. The van der Waals surface area contributed by atoms with Crippen LogP contribution < -0.4 is 10.9 Å². The minimum atomic E-state index is -0.273. The summed E-state index contributed by atoms with van der Waals surface area (Å²) in [5, 5.41) is 5.22. The van der Waals surface area contributed by atoms with Crippen molar-refractivity contribution in [1.82, 2.24) is 9.99 Å². The summed E-state index contributed by atoms with van der Waals surface area (Å²) in [6.45, 7) is 0.0527. The van der Waals surface area contributed by atoms with Gasteiger partial charge < -0.3 is 4.57 Å². The number of hydrogen-bond acceptors (Lipinski definition) is 3. The number of para-hydroxylation sites is 2. The van der Waals surface area contributed by atoms with Gasteiger partial charge in [-0.1, -0.05) is 52.3 Å². The zero-order valence-electron chi connectivity index (χ0n) is 14.8. The standard InChI is InChI=1S/C22H16BrN3O2/c23-16-7-5-6-15(12-16)13-24-25-21(27)14-26-19-10-3-1-8-17(19)22(28)18-9-2-4-11-20(18)26/h1-13H,14H2,(H,25,27)/b24-13-. The van der Waals surface area contributed by atoms with Crippen molar-refractivity contribution in [3.63, 3.8) is 0 Å². The molecule has 0 bridgehead atoms. The molecule has 0 atom stereocenters. The largest absolute Gasteiger partial charge is 0.331 e. The molecule has 1 amide bonds. The van der Waals surface area contributed by atoms with E-state index >= 15 is 0 Å².